The lowest BCUT2D eigenvalue weighted by Crippen LogP contribution is -2.33. The second-order valence-corrected chi connectivity index (χ2v) is 7.11. The normalized spacial score (nSPS) is 15.9. The zero-order chi connectivity index (χ0) is 21.1. The van der Waals surface area contributed by atoms with E-state index in [1.54, 1.807) is 18.3 Å². The van der Waals surface area contributed by atoms with E-state index in [1.165, 1.54) is 17.9 Å². The number of hydrogen-bond donors (Lipinski definition) is 1. The van der Waals surface area contributed by atoms with Crippen LogP contribution in [0.5, 0.6) is 0 Å². The summed E-state index contributed by atoms with van der Waals surface area (Å²) in [5, 5.41) is 2.61. The number of carbonyl (C=O) groups excluding carboxylic acids is 2. The van der Waals surface area contributed by atoms with Gasteiger partial charge in [-0.25, -0.2) is 9.18 Å². The second kappa shape index (κ2) is 8.36. The number of carbonyl (C=O) groups is 2. The first-order valence-corrected chi connectivity index (χ1v) is 9.58. The Balaban J connectivity index is 1.47. The molecule has 1 saturated heterocycles. The molecule has 8 heteroatoms. The van der Waals surface area contributed by atoms with Crippen LogP contribution >= 0.6 is 0 Å². The molecule has 1 atom stereocenters. The molecule has 0 radical (unpaired) electrons. The van der Waals surface area contributed by atoms with Crippen molar-refractivity contribution in [3.8, 4) is 11.1 Å². The summed E-state index contributed by atoms with van der Waals surface area (Å²) in [5.74, 6) is -0.654. The van der Waals surface area contributed by atoms with Gasteiger partial charge in [-0.3, -0.25) is 14.7 Å². The third kappa shape index (κ3) is 4.32. The summed E-state index contributed by atoms with van der Waals surface area (Å²) in [5.41, 5.74) is 2.34. The Kier molecular flexibility index (Phi) is 5.47. The average Bonchev–Trinajstić information content (AvgIpc) is 3.36. The van der Waals surface area contributed by atoms with Gasteiger partial charge in [0, 0.05) is 36.6 Å². The Morgan fingerprint density at radius 3 is 2.73 bits per heavy atom. The molecule has 7 nitrogen and oxygen atoms in total. The fourth-order valence-corrected chi connectivity index (χ4v) is 3.34. The number of pyridine rings is 1. The van der Waals surface area contributed by atoms with Gasteiger partial charge < -0.3 is 14.6 Å². The first kappa shape index (κ1) is 19.6. The summed E-state index contributed by atoms with van der Waals surface area (Å²) in [6, 6.07) is 12.2. The van der Waals surface area contributed by atoms with Gasteiger partial charge in [-0.2, -0.15) is 0 Å². The van der Waals surface area contributed by atoms with Gasteiger partial charge in [-0.15, -0.1) is 0 Å². The molecule has 3 heterocycles. The van der Waals surface area contributed by atoms with Crippen LogP contribution in [0, 0.1) is 5.82 Å². The Labute approximate surface area is 173 Å². The Hall–Kier alpha value is -3.68. The number of anilines is 1. The molecule has 2 aromatic heterocycles. The maximum absolute atomic E-state index is 14.8. The van der Waals surface area contributed by atoms with Crippen molar-refractivity contribution in [2.75, 3.05) is 18.0 Å². The lowest BCUT2D eigenvalue weighted by molar-refractivity contribution is -0.119. The standard InChI is InChI=1S/C22H21FN4O3/c1-15(28)24-12-19-14-27(22(29)30-19)18-6-7-20(21(23)10-18)16-4-5-17(25-11-16)13-26-8-2-3-9-26/h2-11,19H,12-14H2,1H3,(H,24,28). The van der Waals surface area contributed by atoms with E-state index < -0.39 is 18.0 Å². The van der Waals surface area contributed by atoms with E-state index in [0.29, 0.717) is 23.4 Å². The maximum Gasteiger partial charge on any atom is 0.414 e. The number of aromatic nitrogens is 2. The van der Waals surface area contributed by atoms with Crippen LogP contribution in [0.2, 0.25) is 0 Å². The number of benzene rings is 1. The average molecular weight is 408 g/mol. The van der Waals surface area contributed by atoms with E-state index in [4.69, 9.17) is 4.74 Å². The van der Waals surface area contributed by atoms with Gasteiger partial charge in [-0.05, 0) is 36.4 Å². The molecule has 1 unspecified atom stereocenters. The summed E-state index contributed by atoms with van der Waals surface area (Å²) in [7, 11) is 0. The fraction of sp³-hybridized carbons (Fsp3) is 0.227. The number of nitrogens with one attached hydrogen (secondary N) is 1. The molecule has 1 fully saturated rings. The number of rotatable bonds is 6. The number of nitrogens with zero attached hydrogens (tertiary/aromatic N) is 3. The molecular weight excluding hydrogens is 387 g/mol. The summed E-state index contributed by atoms with van der Waals surface area (Å²) < 4.78 is 22.0. The van der Waals surface area contributed by atoms with E-state index in [0.717, 1.165) is 5.69 Å². The van der Waals surface area contributed by atoms with E-state index in [9.17, 15) is 14.0 Å². The fourth-order valence-electron chi connectivity index (χ4n) is 3.34. The predicted octanol–water partition coefficient (Wildman–Crippen LogP) is 3.20. The smallest absolute Gasteiger partial charge is 0.414 e. The molecular formula is C22H21FN4O3. The monoisotopic (exact) mass is 408 g/mol. The molecule has 4 rings (SSSR count). The van der Waals surface area contributed by atoms with Gasteiger partial charge in [0.15, 0.2) is 0 Å². The first-order chi connectivity index (χ1) is 14.5. The molecule has 0 saturated carbocycles. The van der Waals surface area contributed by atoms with E-state index in [-0.39, 0.29) is 19.0 Å². The predicted molar refractivity (Wildman–Crippen MR) is 109 cm³/mol. The van der Waals surface area contributed by atoms with Crippen molar-refractivity contribution in [2.45, 2.75) is 19.6 Å². The molecule has 0 aliphatic carbocycles. The zero-order valence-corrected chi connectivity index (χ0v) is 16.4. The van der Waals surface area contributed by atoms with E-state index in [1.807, 2.05) is 41.2 Å². The minimum Gasteiger partial charge on any atom is -0.442 e. The third-order valence-electron chi connectivity index (χ3n) is 4.86. The lowest BCUT2D eigenvalue weighted by atomic mass is 10.1. The molecule has 3 aromatic rings. The third-order valence-corrected chi connectivity index (χ3v) is 4.86. The van der Waals surface area contributed by atoms with Crippen LogP contribution in [0.4, 0.5) is 14.9 Å². The summed E-state index contributed by atoms with van der Waals surface area (Å²) >= 11 is 0. The molecule has 30 heavy (non-hydrogen) atoms. The van der Waals surface area contributed by atoms with Crippen molar-refractivity contribution >= 4 is 17.7 Å². The Morgan fingerprint density at radius 2 is 2.07 bits per heavy atom. The first-order valence-electron chi connectivity index (χ1n) is 9.58. The molecule has 1 aliphatic heterocycles. The largest absolute Gasteiger partial charge is 0.442 e. The highest BCUT2D eigenvalue weighted by molar-refractivity contribution is 5.90. The van der Waals surface area contributed by atoms with Gasteiger partial charge in [0.05, 0.1) is 31.0 Å². The summed E-state index contributed by atoms with van der Waals surface area (Å²) in [6.07, 6.45) is 4.52. The summed E-state index contributed by atoms with van der Waals surface area (Å²) in [4.78, 5) is 28.9. The second-order valence-electron chi connectivity index (χ2n) is 7.11. The van der Waals surface area contributed by atoms with Crippen LogP contribution in [0.1, 0.15) is 12.6 Å². The highest BCUT2D eigenvalue weighted by Crippen LogP contribution is 2.29. The molecule has 0 bridgehead atoms. The van der Waals surface area contributed by atoms with Gasteiger partial charge in [0.25, 0.3) is 0 Å². The quantitative estimate of drug-likeness (QED) is 0.680. The van der Waals surface area contributed by atoms with Crippen LogP contribution < -0.4 is 10.2 Å². The SMILES string of the molecule is CC(=O)NCC1CN(c2ccc(-c3ccc(Cn4cccc4)nc3)c(F)c2)C(=O)O1. The summed E-state index contributed by atoms with van der Waals surface area (Å²) in [6.45, 7) is 2.50. The molecule has 2 amide bonds. The van der Waals surface area contributed by atoms with Gasteiger partial charge in [0.2, 0.25) is 5.91 Å². The van der Waals surface area contributed by atoms with E-state index >= 15 is 0 Å². The molecule has 154 valence electrons. The minimum atomic E-state index is -0.562. The number of amides is 2. The Bertz CT molecular complexity index is 1050. The molecule has 1 N–H and O–H groups in total. The highest BCUT2D eigenvalue weighted by Gasteiger charge is 2.32. The topological polar surface area (TPSA) is 76.5 Å². The highest BCUT2D eigenvalue weighted by atomic mass is 19.1. The minimum absolute atomic E-state index is 0.201. The van der Waals surface area contributed by atoms with Crippen LogP contribution in [0.3, 0.4) is 0 Å². The maximum atomic E-state index is 14.8. The van der Waals surface area contributed by atoms with Crippen LogP contribution in [0.25, 0.3) is 11.1 Å². The van der Waals surface area contributed by atoms with Crippen molar-refractivity contribution in [3.05, 3.63) is 72.6 Å². The van der Waals surface area contributed by atoms with Gasteiger partial charge in [-0.1, -0.05) is 6.07 Å². The lowest BCUT2D eigenvalue weighted by Gasteiger charge is -2.14. The van der Waals surface area contributed by atoms with Crippen LogP contribution in [-0.2, 0) is 16.1 Å². The van der Waals surface area contributed by atoms with Crippen molar-refractivity contribution in [1.29, 1.82) is 0 Å². The van der Waals surface area contributed by atoms with Gasteiger partial charge in [0.1, 0.15) is 11.9 Å². The molecule has 1 aliphatic rings. The molecule has 1 aromatic carbocycles. The van der Waals surface area contributed by atoms with E-state index in [2.05, 4.69) is 10.3 Å². The van der Waals surface area contributed by atoms with Gasteiger partial charge >= 0.3 is 6.09 Å². The number of ether oxygens (including phenoxy) is 1. The molecule has 0 spiro atoms. The van der Waals surface area contributed by atoms with Crippen molar-refractivity contribution in [3.63, 3.8) is 0 Å². The number of halogens is 1. The van der Waals surface area contributed by atoms with Crippen molar-refractivity contribution in [1.82, 2.24) is 14.9 Å². The van der Waals surface area contributed by atoms with Crippen LogP contribution in [0.15, 0.2) is 61.1 Å². The zero-order valence-electron chi connectivity index (χ0n) is 16.4. The van der Waals surface area contributed by atoms with Crippen molar-refractivity contribution in [2.24, 2.45) is 0 Å². The number of cyclic esters (lactones) is 1. The Morgan fingerprint density at radius 1 is 1.27 bits per heavy atom. The van der Waals surface area contributed by atoms with Crippen molar-refractivity contribution < 1.29 is 18.7 Å². The number of hydrogen-bond acceptors (Lipinski definition) is 4. The van der Waals surface area contributed by atoms with Crippen LogP contribution in [-0.4, -0.2) is 40.7 Å².